The molecule has 2 saturated heterocycles. The van der Waals surface area contributed by atoms with E-state index in [0.717, 1.165) is 49.6 Å². The molecule has 0 saturated carbocycles. The predicted octanol–water partition coefficient (Wildman–Crippen LogP) is 3.06. The predicted molar refractivity (Wildman–Crippen MR) is 120 cm³/mol. The van der Waals surface area contributed by atoms with Crippen molar-refractivity contribution in [1.29, 1.82) is 0 Å². The summed E-state index contributed by atoms with van der Waals surface area (Å²) in [5.41, 5.74) is 0.931. The molecule has 0 bridgehead atoms. The van der Waals surface area contributed by atoms with Crippen LogP contribution in [0.3, 0.4) is 0 Å². The second-order valence-corrected chi connectivity index (χ2v) is 10.6. The topological polar surface area (TPSA) is 87.9 Å². The third-order valence-electron chi connectivity index (χ3n) is 6.52. The summed E-state index contributed by atoms with van der Waals surface area (Å²) in [6.45, 7) is 1.75. The van der Waals surface area contributed by atoms with E-state index in [4.69, 9.17) is 0 Å². The van der Waals surface area contributed by atoms with Crippen molar-refractivity contribution >= 4 is 21.6 Å². The molecule has 8 nitrogen and oxygen atoms in total. The molecule has 1 atom stereocenters. The van der Waals surface area contributed by atoms with E-state index in [0.29, 0.717) is 26.2 Å². The first-order valence-electron chi connectivity index (χ1n) is 11.3. The average molecular weight is 472 g/mol. The van der Waals surface area contributed by atoms with Crippen molar-refractivity contribution < 1.29 is 17.6 Å². The van der Waals surface area contributed by atoms with Crippen molar-refractivity contribution in [2.45, 2.75) is 42.9 Å². The number of piperidine rings is 2. The summed E-state index contributed by atoms with van der Waals surface area (Å²) < 4.78 is 43.9. The summed E-state index contributed by atoms with van der Waals surface area (Å²) in [4.78, 5) is 14.6. The largest absolute Gasteiger partial charge is 0.338 e. The Morgan fingerprint density at radius 1 is 1.00 bits per heavy atom. The Hall–Kier alpha value is -2.85. The molecule has 2 aliphatic heterocycles. The van der Waals surface area contributed by atoms with Gasteiger partial charge in [-0.2, -0.15) is 4.31 Å². The van der Waals surface area contributed by atoms with E-state index in [-0.39, 0.29) is 17.4 Å². The lowest BCUT2D eigenvalue weighted by atomic mass is 9.96. The van der Waals surface area contributed by atoms with Gasteiger partial charge in [0.2, 0.25) is 10.0 Å². The molecular formula is C23H26FN5O3S. The third kappa shape index (κ3) is 4.13. The number of amides is 1. The lowest BCUT2D eigenvalue weighted by Crippen LogP contribution is -2.40. The summed E-state index contributed by atoms with van der Waals surface area (Å²) >= 11 is 0. The first kappa shape index (κ1) is 22.0. The summed E-state index contributed by atoms with van der Waals surface area (Å²) in [7, 11) is -3.98. The van der Waals surface area contributed by atoms with Gasteiger partial charge >= 0.3 is 0 Å². The maximum Gasteiger partial charge on any atom is 0.253 e. The smallest absolute Gasteiger partial charge is 0.253 e. The molecule has 3 aromatic rings. The van der Waals surface area contributed by atoms with Crippen LogP contribution in [0.2, 0.25) is 0 Å². The average Bonchev–Trinajstić information content (AvgIpc) is 3.29. The highest BCUT2D eigenvalue weighted by Crippen LogP contribution is 2.29. The molecule has 2 aromatic heterocycles. The van der Waals surface area contributed by atoms with Crippen molar-refractivity contribution in [1.82, 2.24) is 23.8 Å². The van der Waals surface area contributed by atoms with Crippen LogP contribution in [-0.2, 0) is 10.0 Å². The van der Waals surface area contributed by atoms with Crippen LogP contribution >= 0.6 is 0 Å². The molecule has 0 radical (unpaired) electrons. The maximum atomic E-state index is 14.6. The molecule has 33 heavy (non-hydrogen) atoms. The first-order chi connectivity index (χ1) is 15.9. The summed E-state index contributed by atoms with van der Waals surface area (Å²) in [6, 6.07) is 9.33. The van der Waals surface area contributed by atoms with Crippen LogP contribution in [0, 0.1) is 5.82 Å². The molecule has 2 aliphatic rings. The van der Waals surface area contributed by atoms with Gasteiger partial charge in [0, 0.05) is 43.9 Å². The minimum absolute atomic E-state index is 0.0112. The molecule has 1 amide bonds. The normalized spacial score (nSPS) is 20.3. The number of carbonyl (C=O) groups is 1. The quantitative estimate of drug-likeness (QED) is 0.584. The van der Waals surface area contributed by atoms with Crippen molar-refractivity contribution in [3.05, 3.63) is 59.8 Å². The monoisotopic (exact) mass is 471 g/mol. The van der Waals surface area contributed by atoms with Crippen molar-refractivity contribution in [3.63, 3.8) is 0 Å². The van der Waals surface area contributed by atoms with Crippen LogP contribution in [0.1, 0.15) is 54.2 Å². The molecule has 4 heterocycles. The lowest BCUT2D eigenvalue weighted by molar-refractivity contribution is 0.0704. The van der Waals surface area contributed by atoms with Gasteiger partial charge < -0.3 is 4.90 Å². The molecule has 0 spiro atoms. The Morgan fingerprint density at radius 2 is 1.82 bits per heavy atom. The first-order valence-corrected chi connectivity index (χ1v) is 12.8. The summed E-state index contributed by atoms with van der Waals surface area (Å²) in [5.74, 6) is -0.320. The minimum atomic E-state index is -3.98. The van der Waals surface area contributed by atoms with Crippen LogP contribution < -0.4 is 0 Å². The van der Waals surface area contributed by atoms with Gasteiger partial charge in [-0.15, -0.1) is 10.2 Å². The maximum absolute atomic E-state index is 14.6. The van der Waals surface area contributed by atoms with Crippen LogP contribution in [0.25, 0.3) is 5.65 Å². The van der Waals surface area contributed by atoms with E-state index in [1.807, 2.05) is 28.8 Å². The van der Waals surface area contributed by atoms with Gasteiger partial charge in [-0.25, -0.2) is 12.8 Å². The Morgan fingerprint density at radius 3 is 2.64 bits per heavy atom. The number of likely N-dealkylation sites (tertiary alicyclic amines) is 1. The fraction of sp³-hybridized carbons (Fsp3) is 0.435. The van der Waals surface area contributed by atoms with E-state index in [2.05, 4.69) is 10.2 Å². The Labute approximate surface area is 192 Å². The molecule has 1 aromatic carbocycles. The number of fused-ring (bicyclic) bond motifs is 1. The van der Waals surface area contributed by atoms with Gasteiger partial charge in [-0.3, -0.25) is 9.20 Å². The number of sulfonamides is 1. The number of halogens is 1. The number of carbonyl (C=O) groups excluding carboxylic acids is 1. The van der Waals surface area contributed by atoms with Crippen molar-refractivity contribution in [2.75, 3.05) is 26.2 Å². The fourth-order valence-electron chi connectivity index (χ4n) is 4.77. The van der Waals surface area contributed by atoms with Gasteiger partial charge in [0.15, 0.2) is 5.65 Å². The van der Waals surface area contributed by atoms with Gasteiger partial charge in [0.1, 0.15) is 16.5 Å². The molecule has 10 heteroatoms. The standard InChI is InChI=1S/C23H26FN5O3S/c24-19-10-9-17(15-20(19)33(31,32)28-12-3-1-4-13-28)23(30)27-11-6-7-18(16-27)22-26-25-21-8-2-5-14-29(21)22/h2,5,8-10,14-15,18H,1,3-4,6-7,11-13,16H2. The Bertz CT molecular complexity index is 1290. The summed E-state index contributed by atoms with van der Waals surface area (Å²) in [6.07, 6.45) is 6.04. The zero-order valence-electron chi connectivity index (χ0n) is 18.2. The second-order valence-electron chi connectivity index (χ2n) is 8.69. The Kier molecular flexibility index (Phi) is 5.88. The number of hydrogen-bond acceptors (Lipinski definition) is 5. The van der Waals surface area contributed by atoms with Crippen molar-refractivity contribution in [2.24, 2.45) is 0 Å². The van der Waals surface area contributed by atoms with Gasteiger partial charge in [-0.1, -0.05) is 12.5 Å². The fourth-order valence-corrected chi connectivity index (χ4v) is 6.38. The highest BCUT2D eigenvalue weighted by molar-refractivity contribution is 7.89. The molecule has 0 aliphatic carbocycles. The van der Waals surface area contributed by atoms with Crippen LogP contribution in [0.5, 0.6) is 0 Å². The zero-order valence-corrected chi connectivity index (χ0v) is 19.0. The number of hydrogen-bond donors (Lipinski definition) is 0. The number of benzene rings is 1. The molecule has 1 unspecified atom stereocenters. The van der Waals surface area contributed by atoms with E-state index in [1.165, 1.54) is 16.4 Å². The molecule has 2 fully saturated rings. The van der Waals surface area contributed by atoms with E-state index < -0.39 is 20.7 Å². The SMILES string of the molecule is O=C(c1ccc(F)c(S(=O)(=O)N2CCCCC2)c1)N1CCCC(c2nnc3ccccn23)C1. The molecule has 0 N–H and O–H groups in total. The van der Waals surface area contributed by atoms with Crippen LogP contribution in [0.15, 0.2) is 47.5 Å². The second kappa shape index (κ2) is 8.83. The highest BCUT2D eigenvalue weighted by Gasteiger charge is 2.32. The molecule has 174 valence electrons. The van der Waals surface area contributed by atoms with Gasteiger partial charge in [0.25, 0.3) is 5.91 Å². The molecule has 5 rings (SSSR count). The number of aromatic nitrogens is 3. The number of pyridine rings is 1. The molecular weight excluding hydrogens is 445 g/mol. The number of nitrogens with zero attached hydrogens (tertiary/aromatic N) is 5. The van der Waals surface area contributed by atoms with Crippen molar-refractivity contribution in [3.8, 4) is 0 Å². The minimum Gasteiger partial charge on any atom is -0.338 e. The van der Waals surface area contributed by atoms with Crippen LogP contribution in [0.4, 0.5) is 4.39 Å². The van der Waals surface area contributed by atoms with E-state index >= 15 is 0 Å². The summed E-state index contributed by atoms with van der Waals surface area (Å²) in [5, 5.41) is 8.55. The van der Waals surface area contributed by atoms with E-state index in [1.54, 1.807) is 4.90 Å². The number of rotatable bonds is 4. The van der Waals surface area contributed by atoms with Crippen LogP contribution in [-0.4, -0.2) is 64.3 Å². The van der Waals surface area contributed by atoms with Gasteiger partial charge in [-0.05, 0) is 56.0 Å². The third-order valence-corrected chi connectivity index (χ3v) is 8.44. The van der Waals surface area contributed by atoms with E-state index in [9.17, 15) is 17.6 Å². The lowest BCUT2D eigenvalue weighted by Gasteiger charge is -2.32. The Balaban J connectivity index is 1.39. The van der Waals surface area contributed by atoms with Gasteiger partial charge in [0.05, 0.1) is 0 Å². The zero-order chi connectivity index (χ0) is 23.0. The highest BCUT2D eigenvalue weighted by atomic mass is 32.2.